The van der Waals surface area contributed by atoms with Crippen molar-refractivity contribution in [2.24, 2.45) is 21.8 Å². The van der Waals surface area contributed by atoms with Crippen LogP contribution in [0.1, 0.15) is 22.3 Å². The van der Waals surface area contributed by atoms with Gasteiger partial charge in [0.2, 0.25) is 11.8 Å². The standard InChI is InChI=1S/2C14H13N3O.CH3NO2.2NO3.Pt/c2*15-13(11-7-3-1-4-8-11)17-18-14(16)12-9-5-2-6-10-12;1-2(3)4;2*2-1(3)4;/h2*1-10,16H,(H2,15,17);1H3;;;/q;;;2*-1;+2. The van der Waals surface area contributed by atoms with Crippen molar-refractivity contribution in [2.45, 2.75) is 0 Å². The van der Waals surface area contributed by atoms with Crippen molar-refractivity contribution < 1.29 is 45.8 Å². The molecule has 0 saturated heterocycles. The van der Waals surface area contributed by atoms with E-state index in [2.05, 4.69) is 10.3 Å². The van der Waals surface area contributed by atoms with Gasteiger partial charge in [0.05, 0.1) is 10.2 Å². The first-order valence-electron chi connectivity index (χ1n) is 12.8. The predicted molar refractivity (Wildman–Crippen MR) is 177 cm³/mol. The molecular weight excluding hydrogens is 829 g/mol. The molecular formula is C29H29N9O10Pt. The van der Waals surface area contributed by atoms with Gasteiger partial charge in [-0.15, -0.1) is 0 Å². The fourth-order valence-corrected chi connectivity index (χ4v) is 2.80. The first-order chi connectivity index (χ1) is 22.7. The van der Waals surface area contributed by atoms with E-state index >= 15 is 0 Å². The second-order valence-electron chi connectivity index (χ2n) is 8.14. The van der Waals surface area contributed by atoms with Gasteiger partial charge in [0.25, 0.3) is 0 Å². The summed E-state index contributed by atoms with van der Waals surface area (Å²) in [5.41, 5.74) is 14.3. The van der Waals surface area contributed by atoms with E-state index in [1.54, 1.807) is 24.3 Å². The summed E-state index contributed by atoms with van der Waals surface area (Å²) in [4.78, 5) is 34.8. The Kier molecular flexibility index (Phi) is 24.0. The molecule has 260 valence electrons. The summed E-state index contributed by atoms with van der Waals surface area (Å²) in [5.74, 6) is 0.427. The summed E-state index contributed by atoms with van der Waals surface area (Å²) in [6.07, 6.45) is 0. The molecule has 19 nitrogen and oxygen atoms in total. The van der Waals surface area contributed by atoms with E-state index in [9.17, 15) is 0 Å². The Hall–Kier alpha value is -6.75. The number of hydrogen-bond donors (Lipinski definition) is 4. The molecule has 0 heterocycles. The molecule has 0 saturated carbocycles. The maximum absolute atomic E-state index is 8.81. The molecule has 0 radical (unpaired) electrons. The minimum absolute atomic E-state index is 0. The first kappa shape index (κ1) is 44.4. The fourth-order valence-electron chi connectivity index (χ4n) is 2.80. The number of nitrogens with two attached hydrogens (primary N) is 2. The summed E-state index contributed by atoms with van der Waals surface area (Å²) in [6.45, 7) is 0. The maximum Gasteiger partial charge on any atom is 2.00 e. The van der Waals surface area contributed by atoms with Gasteiger partial charge in [0.1, 0.15) is 0 Å². The second kappa shape index (κ2) is 26.5. The first-order valence-corrected chi connectivity index (χ1v) is 12.8. The molecule has 20 heteroatoms. The van der Waals surface area contributed by atoms with Crippen molar-refractivity contribution in [1.82, 2.24) is 0 Å². The molecule has 6 N–H and O–H groups in total. The number of nitrogens with zero attached hydrogens (tertiary/aromatic N) is 5. The van der Waals surface area contributed by atoms with E-state index in [-0.39, 0.29) is 44.5 Å². The van der Waals surface area contributed by atoms with Crippen molar-refractivity contribution >= 4 is 23.5 Å². The van der Waals surface area contributed by atoms with Gasteiger partial charge in [-0.1, -0.05) is 107 Å². The number of rotatable bonds is 6. The molecule has 0 atom stereocenters. The van der Waals surface area contributed by atoms with Gasteiger partial charge < -0.3 is 51.8 Å². The molecule has 49 heavy (non-hydrogen) atoms. The van der Waals surface area contributed by atoms with E-state index < -0.39 is 15.1 Å². The summed E-state index contributed by atoms with van der Waals surface area (Å²) in [7, 11) is 0.889. The van der Waals surface area contributed by atoms with Gasteiger partial charge in [-0.2, -0.15) is 0 Å². The van der Waals surface area contributed by atoms with Gasteiger partial charge in [-0.05, 0) is 24.3 Å². The molecule has 4 aromatic rings. The van der Waals surface area contributed by atoms with Crippen LogP contribution in [0.4, 0.5) is 0 Å². The molecule has 0 aliphatic carbocycles. The Balaban J connectivity index is 0. The number of nitro groups is 1. The van der Waals surface area contributed by atoms with Crippen LogP contribution in [0.3, 0.4) is 0 Å². The minimum atomic E-state index is -1.75. The molecule has 0 amide bonds. The van der Waals surface area contributed by atoms with Crippen LogP contribution in [0.5, 0.6) is 0 Å². The Morgan fingerprint density at radius 1 is 0.531 bits per heavy atom. The van der Waals surface area contributed by atoms with Gasteiger partial charge in [-0.3, -0.25) is 20.9 Å². The molecule has 0 unspecified atom stereocenters. The van der Waals surface area contributed by atoms with Gasteiger partial charge in [0, 0.05) is 27.2 Å². The molecule has 0 aliphatic heterocycles. The Morgan fingerprint density at radius 2 is 0.714 bits per heavy atom. The molecule has 0 aromatic heterocycles. The Morgan fingerprint density at radius 3 is 0.918 bits per heavy atom. The zero-order valence-electron chi connectivity index (χ0n) is 25.3. The molecule has 0 bridgehead atoms. The van der Waals surface area contributed by atoms with Crippen molar-refractivity contribution in [1.29, 1.82) is 10.8 Å². The third-order valence-electron chi connectivity index (χ3n) is 4.68. The van der Waals surface area contributed by atoms with Crippen LogP contribution in [-0.4, -0.2) is 45.6 Å². The second-order valence-corrected chi connectivity index (χ2v) is 8.14. The molecule has 0 spiro atoms. The van der Waals surface area contributed by atoms with Gasteiger partial charge in [-0.25, -0.2) is 0 Å². The fraction of sp³-hybridized carbons (Fsp3) is 0.0345. The molecule has 4 aromatic carbocycles. The summed E-state index contributed by atoms with van der Waals surface area (Å²) in [6, 6.07) is 36.7. The minimum Gasteiger partial charge on any atom is -0.380 e. The monoisotopic (exact) mass is 858 g/mol. The predicted octanol–water partition coefficient (Wildman–Crippen LogP) is 4.11. The van der Waals surface area contributed by atoms with E-state index in [0.717, 1.165) is 18.2 Å². The average Bonchev–Trinajstić information content (AvgIpc) is 3.07. The number of hydrogen-bond acceptors (Lipinski definition) is 14. The van der Waals surface area contributed by atoms with E-state index in [0.29, 0.717) is 11.1 Å². The molecule has 4 rings (SSSR count). The Labute approximate surface area is 292 Å². The number of benzene rings is 4. The van der Waals surface area contributed by atoms with Crippen molar-refractivity contribution in [3.05, 3.63) is 184 Å². The third kappa shape index (κ3) is 24.2. The average molecular weight is 859 g/mol. The van der Waals surface area contributed by atoms with Gasteiger partial charge >= 0.3 is 21.1 Å². The van der Waals surface area contributed by atoms with E-state index in [1.807, 2.05) is 97.1 Å². The summed E-state index contributed by atoms with van der Waals surface area (Å²) in [5, 5.41) is 61.2. The number of nitrogens with one attached hydrogen (secondary N) is 2. The molecule has 0 aliphatic rings. The molecule has 0 fully saturated rings. The smallest absolute Gasteiger partial charge is 0.380 e. The normalized spacial score (nSPS) is 9.57. The van der Waals surface area contributed by atoms with Crippen molar-refractivity contribution in [3.8, 4) is 0 Å². The van der Waals surface area contributed by atoms with Crippen LogP contribution in [-0.2, 0) is 30.7 Å². The summed E-state index contributed by atoms with van der Waals surface area (Å²) < 4.78 is 0. The Bertz CT molecular complexity index is 1490. The van der Waals surface area contributed by atoms with E-state index in [4.69, 9.17) is 72.7 Å². The van der Waals surface area contributed by atoms with Crippen molar-refractivity contribution in [3.63, 3.8) is 0 Å². The zero-order chi connectivity index (χ0) is 36.3. The van der Waals surface area contributed by atoms with Crippen LogP contribution in [0.25, 0.3) is 0 Å². The van der Waals surface area contributed by atoms with Crippen LogP contribution < -0.4 is 11.5 Å². The van der Waals surface area contributed by atoms with Crippen LogP contribution in [0.2, 0.25) is 0 Å². The number of amidine groups is 2. The quantitative estimate of drug-likeness (QED) is 0.0921. The van der Waals surface area contributed by atoms with Crippen LogP contribution in [0.15, 0.2) is 132 Å². The summed E-state index contributed by atoms with van der Waals surface area (Å²) >= 11 is 0. The van der Waals surface area contributed by atoms with Crippen molar-refractivity contribution in [2.75, 3.05) is 7.05 Å². The maximum atomic E-state index is 8.81. The SMILES string of the molecule is C[N+](=O)[O-].N=C(O/N=C(/N)c1ccccc1)c1ccccc1.N=C(O/N=C(\N)c1ccccc1)c1ccccc1.O=[N+]([O-])[O-].O=[N+]([O-])[O-].[Pt+2]. The van der Waals surface area contributed by atoms with Crippen LogP contribution >= 0.6 is 0 Å². The topological polar surface area (TPSA) is 318 Å². The third-order valence-corrected chi connectivity index (χ3v) is 4.68. The van der Waals surface area contributed by atoms with Gasteiger partial charge in [0.15, 0.2) is 18.7 Å². The van der Waals surface area contributed by atoms with E-state index in [1.165, 1.54) is 0 Å². The zero-order valence-corrected chi connectivity index (χ0v) is 27.6. The number of oxime groups is 2. The van der Waals surface area contributed by atoms with Crippen LogP contribution in [0, 0.1) is 51.6 Å². The largest absolute Gasteiger partial charge is 2.00 e.